The molecule has 0 aliphatic carbocycles. The van der Waals surface area contributed by atoms with Crippen molar-refractivity contribution in [3.05, 3.63) is 112 Å². The SMILES string of the molecule is C/C(=C/c1ccccc1)c1cc(=O)c2c(OCc3ccccc3)cccc2o1. The number of allylic oxidation sites excluding steroid dienone is 1. The summed E-state index contributed by atoms with van der Waals surface area (Å²) < 4.78 is 11.9. The Hall–Kier alpha value is -3.59. The van der Waals surface area contributed by atoms with Gasteiger partial charge >= 0.3 is 0 Å². The third kappa shape index (κ3) is 3.89. The molecule has 1 heterocycles. The van der Waals surface area contributed by atoms with E-state index in [0.717, 1.165) is 16.7 Å². The molecule has 0 saturated carbocycles. The highest BCUT2D eigenvalue weighted by atomic mass is 16.5. The Morgan fingerprint density at radius 2 is 1.64 bits per heavy atom. The topological polar surface area (TPSA) is 39.4 Å². The molecule has 28 heavy (non-hydrogen) atoms. The van der Waals surface area contributed by atoms with Crippen LogP contribution in [0.1, 0.15) is 23.8 Å². The van der Waals surface area contributed by atoms with Gasteiger partial charge in [-0.3, -0.25) is 4.79 Å². The van der Waals surface area contributed by atoms with Gasteiger partial charge in [-0.25, -0.2) is 0 Å². The second kappa shape index (κ2) is 7.97. The molecule has 138 valence electrons. The van der Waals surface area contributed by atoms with Crippen molar-refractivity contribution in [2.75, 3.05) is 0 Å². The molecule has 0 fully saturated rings. The van der Waals surface area contributed by atoms with E-state index in [4.69, 9.17) is 9.15 Å². The van der Waals surface area contributed by atoms with Crippen molar-refractivity contribution >= 4 is 22.6 Å². The Kier molecular flexibility index (Phi) is 5.07. The van der Waals surface area contributed by atoms with Gasteiger partial charge in [0.05, 0.1) is 0 Å². The van der Waals surface area contributed by atoms with E-state index in [1.165, 1.54) is 6.07 Å². The van der Waals surface area contributed by atoms with Crippen LogP contribution in [-0.4, -0.2) is 0 Å². The third-order valence-electron chi connectivity index (χ3n) is 4.53. The minimum atomic E-state index is -0.110. The van der Waals surface area contributed by atoms with Gasteiger partial charge in [-0.1, -0.05) is 66.7 Å². The van der Waals surface area contributed by atoms with Crippen molar-refractivity contribution < 1.29 is 9.15 Å². The normalized spacial score (nSPS) is 11.5. The Morgan fingerprint density at radius 3 is 2.39 bits per heavy atom. The van der Waals surface area contributed by atoms with Gasteiger partial charge < -0.3 is 9.15 Å². The van der Waals surface area contributed by atoms with Gasteiger partial charge in [-0.15, -0.1) is 0 Å². The summed E-state index contributed by atoms with van der Waals surface area (Å²) in [6, 6.07) is 26.8. The summed E-state index contributed by atoms with van der Waals surface area (Å²) in [6.45, 7) is 2.33. The first-order chi connectivity index (χ1) is 13.7. The van der Waals surface area contributed by atoms with Crippen LogP contribution in [-0.2, 0) is 6.61 Å². The van der Waals surface area contributed by atoms with E-state index in [1.807, 2.05) is 79.7 Å². The molecule has 4 aromatic rings. The molecular formula is C25H20O3. The van der Waals surface area contributed by atoms with E-state index >= 15 is 0 Å². The first kappa shape index (κ1) is 17.8. The van der Waals surface area contributed by atoms with Crippen molar-refractivity contribution in [3.63, 3.8) is 0 Å². The molecule has 0 aliphatic heterocycles. The number of ether oxygens (including phenoxy) is 1. The molecule has 0 atom stereocenters. The molecule has 3 nitrogen and oxygen atoms in total. The minimum Gasteiger partial charge on any atom is -0.488 e. The zero-order chi connectivity index (χ0) is 19.3. The largest absolute Gasteiger partial charge is 0.488 e. The van der Waals surface area contributed by atoms with Crippen LogP contribution < -0.4 is 10.2 Å². The fraction of sp³-hybridized carbons (Fsp3) is 0.0800. The van der Waals surface area contributed by atoms with Crippen molar-refractivity contribution in [3.8, 4) is 5.75 Å². The molecule has 0 amide bonds. The monoisotopic (exact) mass is 368 g/mol. The predicted octanol–water partition coefficient (Wildman–Crippen LogP) is 5.93. The summed E-state index contributed by atoms with van der Waals surface area (Å²) in [4.78, 5) is 12.8. The van der Waals surface area contributed by atoms with Crippen LogP contribution in [0.2, 0.25) is 0 Å². The van der Waals surface area contributed by atoms with E-state index < -0.39 is 0 Å². The van der Waals surface area contributed by atoms with Crippen molar-refractivity contribution in [1.29, 1.82) is 0 Å². The number of fused-ring (bicyclic) bond motifs is 1. The standard InChI is InChI=1S/C25H20O3/c1-18(15-19-9-4-2-5-10-19)24-16-21(26)25-22(13-8-14-23(25)28-24)27-17-20-11-6-3-7-12-20/h2-16H,17H2,1H3/b18-15-. The van der Waals surface area contributed by atoms with Gasteiger partial charge in [-0.2, -0.15) is 0 Å². The van der Waals surface area contributed by atoms with E-state index in [0.29, 0.717) is 29.1 Å². The molecule has 0 spiro atoms. The predicted molar refractivity (Wildman–Crippen MR) is 113 cm³/mol. The summed E-state index contributed by atoms with van der Waals surface area (Å²) in [5, 5.41) is 0.467. The van der Waals surface area contributed by atoms with Gasteiger partial charge in [-0.05, 0) is 41.8 Å². The zero-order valence-corrected chi connectivity index (χ0v) is 15.6. The van der Waals surface area contributed by atoms with Crippen LogP contribution in [0.4, 0.5) is 0 Å². The summed E-state index contributed by atoms with van der Waals surface area (Å²) in [5.41, 5.74) is 3.40. The smallest absolute Gasteiger partial charge is 0.197 e. The quantitative estimate of drug-likeness (QED) is 0.438. The van der Waals surface area contributed by atoms with Crippen LogP contribution in [0.15, 0.2) is 94.1 Å². The first-order valence-corrected chi connectivity index (χ1v) is 9.18. The molecule has 3 aromatic carbocycles. The maximum atomic E-state index is 12.8. The average Bonchev–Trinajstić information content (AvgIpc) is 2.73. The van der Waals surface area contributed by atoms with Gasteiger partial charge in [0.25, 0.3) is 0 Å². The molecule has 1 aromatic heterocycles. The van der Waals surface area contributed by atoms with Gasteiger partial charge in [0.15, 0.2) is 5.43 Å². The first-order valence-electron chi connectivity index (χ1n) is 9.18. The Bertz CT molecular complexity index is 1170. The number of benzene rings is 3. The van der Waals surface area contributed by atoms with E-state index in [1.54, 1.807) is 12.1 Å². The molecule has 3 heteroatoms. The lowest BCUT2D eigenvalue weighted by Gasteiger charge is -2.10. The zero-order valence-electron chi connectivity index (χ0n) is 15.6. The van der Waals surface area contributed by atoms with E-state index in [-0.39, 0.29) is 5.43 Å². The second-order valence-corrected chi connectivity index (χ2v) is 6.62. The Morgan fingerprint density at radius 1 is 0.929 bits per heavy atom. The van der Waals surface area contributed by atoms with Crippen molar-refractivity contribution in [2.24, 2.45) is 0 Å². The molecule has 0 bridgehead atoms. The summed E-state index contributed by atoms with van der Waals surface area (Å²) in [6.07, 6.45) is 2.00. The van der Waals surface area contributed by atoms with Gasteiger partial charge in [0.1, 0.15) is 29.1 Å². The van der Waals surface area contributed by atoms with E-state index in [9.17, 15) is 4.79 Å². The van der Waals surface area contributed by atoms with E-state index in [2.05, 4.69) is 0 Å². The lowest BCUT2D eigenvalue weighted by Crippen LogP contribution is -2.05. The number of rotatable bonds is 5. The summed E-state index contributed by atoms with van der Waals surface area (Å²) in [7, 11) is 0. The maximum Gasteiger partial charge on any atom is 0.197 e. The minimum absolute atomic E-state index is 0.110. The highest BCUT2D eigenvalue weighted by Crippen LogP contribution is 2.26. The number of hydrogen-bond acceptors (Lipinski definition) is 3. The number of hydrogen-bond donors (Lipinski definition) is 0. The highest BCUT2D eigenvalue weighted by Gasteiger charge is 2.11. The molecule has 0 saturated heterocycles. The maximum absolute atomic E-state index is 12.8. The molecule has 0 N–H and O–H groups in total. The van der Waals surface area contributed by atoms with Crippen LogP contribution in [0.25, 0.3) is 22.6 Å². The fourth-order valence-corrected chi connectivity index (χ4v) is 3.10. The lowest BCUT2D eigenvalue weighted by molar-refractivity contribution is 0.309. The average molecular weight is 368 g/mol. The molecular weight excluding hydrogens is 348 g/mol. The molecule has 0 aliphatic rings. The molecule has 0 unspecified atom stereocenters. The van der Waals surface area contributed by atoms with Crippen molar-refractivity contribution in [2.45, 2.75) is 13.5 Å². The van der Waals surface area contributed by atoms with Crippen molar-refractivity contribution in [1.82, 2.24) is 0 Å². The highest BCUT2D eigenvalue weighted by molar-refractivity contribution is 5.86. The molecule has 4 rings (SSSR count). The fourth-order valence-electron chi connectivity index (χ4n) is 3.10. The molecule has 0 radical (unpaired) electrons. The van der Waals surface area contributed by atoms with Crippen LogP contribution in [0, 0.1) is 0 Å². The Balaban J connectivity index is 1.68. The van der Waals surface area contributed by atoms with Crippen LogP contribution >= 0.6 is 0 Å². The van der Waals surface area contributed by atoms with Gasteiger partial charge in [0, 0.05) is 6.07 Å². The lowest BCUT2D eigenvalue weighted by atomic mass is 10.1. The van der Waals surface area contributed by atoms with Crippen LogP contribution in [0.3, 0.4) is 0 Å². The third-order valence-corrected chi connectivity index (χ3v) is 4.53. The summed E-state index contributed by atoms with van der Waals surface area (Å²) in [5.74, 6) is 1.09. The summed E-state index contributed by atoms with van der Waals surface area (Å²) >= 11 is 0. The Labute approximate surface area is 163 Å². The van der Waals surface area contributed by atoms with Crippen LogP contribution in [0.5, 0.6) is 5.75 Å². The second-order valence-electron chi connectivity index (χ2n) is 6.62. The van der Waals surface area contributed by atoms with Gasteiger partial charge in [0.2, 0.25) is 0 Å².